The summed E-state index contributed by atoms with van der Waals surface area (Å²) in [6.07, 6.45) is 0. The first kappa shape index (κ1) is 19.1. The van der Waals surface area contributed by atoms with Crippen molar-refractivity contribution in [1.82, 2.24) is 0 Å². The Hall–Kier alpha value is 0.460. The Kier molecular flexibility index (Phi) is 13.3. The van der Waals surface area contributed by atoms with E-state index in [1.807, 2.05) is 0 Å². The molecule has 1 aromatic rings. The highest BCUT2D eigenvalue weighted by Gasteiger charge is 1.95. The van der Waals surface area contributed by atoms with E-state index in [2.05, 4.69) is 50.2 Å². The molecule has 0 saturated heterocycles. The second-order valence-electron chi connectivity index (χ2n) is 2.68. The lowest BCUT2D eigenvalue weighted by molar-refractivity contribution is 1.11. The number of nitrogens with zero attached hydrogens (tertiary/aromatic N) is 1. The molecule has 0 aliphatic rings. The molecule has 13 heavy (non-hydrogen) atoms. The van der Waals surface area contributed by atoms with Crippen LogP contribution in [0.3, 0.4) is 0 Å². The van der Waals surface area contributed by atoms with E-state index in [4.69, 9.17) is 0 Å². The largest absolute Gasteiger partial charge is 0.377 e. The van der Waals surface area contributed by atoms with E-state index >= 15 is 0 Å². The molecule has 0 spiro atoms. The molecule has 0 aliphatic carbocycles. The molecule has 0 N–H and O–H groups in total. The van der Waals surface area contributed by atoms with Crippen molar-refractivity contribution in [3.05, 3.63) is 29.8 Å². The molecule has 1 rings (SSSR count). The summed E-state index contributed by atoms with van der Waals surface area (Å²) in [6.45, 7) is 2.12. The number of hydrogen-bond donors (Lipinski definition) is 0. The molecule has 0 atom stereocenters. The molecule has 0 aromatic heterocycles. The van der Waals surface area contributed by atoms with Crippen LogP contribution < -0.4 is 4.90 Å². The molecule has 0 saturated carbocycles. The van der Waals surface area contributed by atoms with Crippen molar-refractivity contribution in [2.45, 2.75) is 6.92 Å². The first-order valence-electron chi connectivity index (χ1n) is 3.45. The van der Waals surface area contributed by atoms with E-state index in [0.717, 1.165) is 0 Å². The number of para-hydroxylation sites is 1. The molecule has 0 radical (unpaired) electrons. The Labute approximate surface area is 112 Å². The van der Waals surface area contributed by atoms with Crippen molar-refractivity contribution in [2.75, 3.05) is 19.0 Å². The fraction of sp³-hybridized carbons (Fsp3) is 0.333. The molecule has 0 heterocycles. The third-order valence-corrected chi connectivity index (χ3v) is 1.60. The van der Waals surface area contributed by atoms with Crippen LogP contribution in [0.25, 0.3) is 0 Å². The van der Waals surface area contributed by atoms with Gasteiger partial charge in [-0.1, -0.05) is 18.2 Å². The smallest absolute Gasteiger partial charge is 0.0390 e. The maximum Gasteiger partial charge on any atom is 0.0390 e. The summed E-state index contributed by atoms with van der Waals surface area (Å²) < 4.78 is 0. The molecule has 0 bridgehead atoms. The van der Waals surface area contributed by atoms with Crippen LogP contribution >= 0.6 is 50.9 Å². The molecule has 0 aliphatic heterocycles. The van der Waals surface area contributed by atoms with Gasteiger partial charge in [-0.15, -0.1) is 50.9 Å². The maximum absolute atomic E-state index is 2.12. The lowest BCUT2D eigenvalue weighted by Crippen LogP contribution is -2.09. The normalized spacial score (nSPS) is 7.31. The SMILES string of the molecule is Br.Br.Br.Cc1ccccc1N(C)C. The van der Waals surface area contributed by atoms with Crippen molar-refractivity contribution < 1.29 is 0 Å². The number of hydrogen-bond acceptors (Lipinski definition) is 1. The van der Waals surface area contributed by atoms with E-state index in [1.165, 1.54) is 11.3 Å². The Bertz CT molecular complexity index is 226. The molecule has 4 heteroatoms. The molecule has 0 unspecified atom stereocenters. The van der Waals surface area contributed by atoms with Crippen LogP contribution in [-0.2, 0) is 0 Å². The fourth-order valence-electron chi connectivity index (χ4n) is 1.07. The number of benzene rings is 1. The van der Waals surface area contributed by atoms with Gasteiger partial charge in [0.05, 0.1) is 0 Å². The van der Waals surface area contributed by atoms with E-state index in [0.29, 0.717) is 0 Å². The van der Waals surface area contributed by atoms with Gasteiger partial charge < -0.3 is 4.90 Å². The monoisotopic (exact) mass is 375 g/mol. The predicted molar refractivity (Wildman–Crippen MR) is 76.5 cm³/mol. The van der Waals surface area contributed by atoms with Crippen LogP contribution in [0.5, 0.6) is 0 Å². The molecule has 1 nitrogen and oxygen atoms in total. The summed E-state index contributed by atoms with van der Waals surface area (Å²) in [7, 11) is 4.12. The average molecular weight is 378 g/mol. The Morgan fingerprint density at radius 1 is 0.923 bits per heavy atom. The zero-order valence-electron chi connectivity index (χ0n) is 7.98. The van der Waals surface area contributed by atoms with E-state index in [1.54, 1.807) is 0 Å². The summed E-state index contributed by atoms with van der Waals surface area (Å²) in [5.41, 5.74) is 2.62. The van der Waals surface area contributed by atoms with Gasteiger partial charge >= 0.3 is 0 Å². The Morgan fingerprint density at radius 2 is 1.38 bits per heavy atom. The molecular formula is C9H16Br3N. The number of halogens is 3. The summed E-state index contributed by atoms with van der Waals surface area (Å²) in [6, 6.07) is 8.36. The fourth-order valence-corrected chi connectivity index (χ4v) is 1.07. The second kappa shape index (κ2) is 9.03. The highest BCUT2D eigenvalue weighted by Crippen LogP contribution is 2.15. The third kappa shape index (κ3) is 5.70. The van der Waals surface area contributed by atoms with Crippen molar-refractivity contribution in [2.24, 2.45) is 0 Å². The summed E-state index contributed by atoms with van der Waals surface area (Å²) in [5, 5.41) is 0. The minimum atomic E-state index is 0. The summed E-state index contributed by atoms with van der Waals surface area (Å²) >= 11 is 0. The quantitative estimate of drug-likeness (QED) is 0.719. The van der Waals surface area contributed by atoms with Crippen molar-refractivity contribution >= 4 is 56.6 Å². The predicted octanol–water partition coefficient (Wildman–Crippen LogP) is 3.79. The topological polar surface area (TPSA) is 3.24 Å². The van der Waals surface area contributed by atoms with Gasteiger partial charge in [-0.05, 0) is 18.6 Å². The first-order valence-corrected chi connectivity index (χ1v) is 3.45. The molecule has 0 amide bonds. The van der Waals surface area contributed by atoms with Gasteiger partial charge in [0.2, 0.25) is 0 Å². The average Bonchev–Trinajstić information content (AvgIpc) is 1.88. The minimum absolute atomic E-state index is 0. The van der Waals surface area contributed by atoms with Crippen LogP contribution in [-0.4, -0.2) is 14.1 Å². The lowest BCUT2D eigenvalue weighted by Gasteiger charge is -2.14. The Morgan fingerprint density at radius 3 is 1.69 bits per heavy atom. The highest BCUT2D eigenvalue weighted by atomic mass is 79.9. The third-order valence-electron chi connectivity index (χ3n) is 1.60. The van der Waals surface area contributed by atoms with Gasteiger partial charge in [-0.3, -0.25) is 0 Å². The van der Waals surface area contributed by atoms with Gasteiger partial charge in [0.25, 0.3) is 0 Å². The van der Waals surface area contributed by atoms with Crippen LogP contribution in [0.1, 0.15) is 5.56 Å². The highest BCUT2D eigenvalue weighted by molar-refractivity contribution is 8.93. The summed E-state index contributed by atoms with van der Waals surface area (Å²) in [4.78, 5) is 2.12. The van der Waals surface area contributed by atoms with Crippen molar-refractivity contribution in [1.29, 1.82) is 0 Å². The number of aryl methyl sites for hydroxylation is 1. The van der Waals surface area contributed by atoms with Crippen LogP contribution in [0.2, 0.25) is 0 Å². The first-order chi connectivity index (χ1) is 4.72. The van der Waals surface area contributed by atoms with Crippen molar-refractivity contribution in [3.63, 3.8) is 0 Å². The van der Waals surface area contributed by atoms with Gasteiger partial charge in [0, 0.05) is 19.8 Å². The van der Waals surface area contributed by atoms with E-state index < -0.39 is 0 Å². The zero-order valence-corrected chi connectivity index (χ0v) is 13.1. The van der Waals surface area contributed by atoms with Crippen LogP contribution in [0.4, 0.5) is 5.69 Å². The van der Waals surface area contributed by atoms with E-state index in [9.17, 15) is 0 Å². The zero-order chi connectivity index (χ0) is 7.56. The Balaban J connectivity index is -0.000000333. The van der Waals surface area contributed by atoms with Crippen molar-refractivity contribution in [3.8, 4) is 0 Å². The standard InChI is InChI=1S/C9H13N.3BrH/c1-8-6-4-5-7-9(8)10(2)3;;;/h4-7H,1-3H3;3*1H. The number of rotatable bonds is 1. The van der Waals surface area contributed by atoms with Crippen LogP contribution in [0.15, 0.2) is 24.3 Å². The maximum atomic E-state index is 2.12. The van der Waals surface area contributed by atoms with Gasteiger partial charge in [0.1, 0.15) is 0 Å². The lowest BCUT2D eigenvalue weighted by atomic mass is 10.2. The minimum Gasteiger partial charge on any atom is -0.377 e. The second-order valence-corrected chi connectivity index (χ2v) is 2.68. The molecule has 0 fully saturated rings. The molecular weight excluding hydrogens is 362 g/mol. The van der Waals surface area contributed by atoms with Gasteiger partial charge in [-0.25, -0.2) is 0 Å². The van der Waals surface area contributed by atoms with Gasteiger partial charge in [-0.2, -0.15) is 0 Å². The molecule has 1 aromatic carbocycles. The van der Waals surface area contributed by atoms with Gasteiger partial charge in [0.15, 0.2) is 0 Å². The molecule has 78 valence electrons. The summed E-state index contributed by atoms with van der Waals surface area (Å²) in [5.74, 6) is 0. The number of anilines is 1. The van der Waals surface area contributed by atoms with E-state index in [-0.39, 0.29) is 50.9 Å². The van der Waals surface area contributed by atoms with Crippen LogP contribution in [0, 0.1) is 6.92 Å².